The number of nitrogens with one attached hydrogen (secondary N) is 1. The molecular weight excluding hydrogens is 444 g/mol. The Labute approximate surface area is 196 Å². The number of amides is 1. The number of aryl methyl sites for hydroxylation is 1. The number of carboxylic acid groups (broad SMARTS) is 1. The van der Waals surface area contributed by atoms with E-state index in [1.54, 1.807) is 25.1 Å². The number of nitrogens with zero attached hydrogens (tertiary/aromatic N) is 1. The van der Waals surface area contributed by atoms with E-state index < -0.39 is 35.3 Å². The smallest absolute Gasteiger partial charge is 0.327 e. The molecule has 2 aromatic carbocycles. The van der Waals surface area contributed by atoms with Crippen LogP contribution >= 0.6 is 11.8 Å². The molecule has 176 valence electrons. The number of aromatic hydroxyl groups is 1. The Morgan fingerprint density at radius 3 is 2.52 bits per heavy atom. The Morgan fingerprint density at radius 1 is 1.15 bits per heavy atom. The quantitative estimate of drug-likeness (QED) is 0.452. The van der Waals surface area contributed by atoms with Crippen LogP contribution in [0.1, 0.15) is 29.8 Å². The Kier molecular flexibility index (Phi) is 8.73. The van der Waals surface area contributed by atoms with Gasteiger partial charge in [-0.05, 0) is 31.4 Å². The van der Waals surface area contributed by atoms with Gasteiger partial charge in [0.25, 0.3) is 0 Å². The van der Waals surface area contributed by atoms with E-state index in [4.69, 9.17) is 4.74 Å². The van der Waals surface area contributed by atoms with Gasteiger partial charge in [-0.2, -0.15) is 0 Å². The fourth-order valence-corrected chi connectivity index (χ4v) is 5.21. The van der Waals surface area contributed by atoms with Crippen LogP contribution in [0.15, 0.2) is 54.6 Å². The van der Waals surface area contributed by atoms with E-state index in [-0.39, 0.29) is 24.7 Å². The average molecular weight is 473 g/mol. The second kappa shape index (κ2) is 11.7. The molecule has 0 bridgehead atoms. The van der Waals surface area contributed by atoms with E-state index >= 15 is 0 Å². The molecule has 3 atom stereocenters. The lowest BCUT2D eigenvalue weighted by atomic mass is 10.1. The predicted molar refractivity (Wildman–Crippen MR) is 125 cm³/mol. The lowest BCUT2D eigenvalue weighted by Crippen LogP contribution is -2.49. The summed E-state index contributed by atoms with van der Waals surface area (Å²) < 4.78 is 5.16. The summed E-state index contributed by atoms with van der Waals surface area (Å²) in [7, 11) is 0. The average Bonchev–Trinajstić information content (AvgIpc) is 3.25. The topological polar surface area (TPSA) is 116 Å². The van der Waals surface area contributed by atoms with Gasteiger partial charge in [-0.3, -0.25) is 14.9 Å². The maximum Gasteiger partial charge on any atom is 0.327 e. The highest BCUT2D eigenvalue weighted by Gasteiger charge is 2.43. The Balaban J connectivity index is 1.72. The fourth-order valence-electron chi connectivity index (χ4n) is 3.74. The number of hydrogen-bond donors (Lipinski definition) is 3. The second-order valence-corrected chi connectivity index (χ2v) is 8.72. The number of phenols is 1. The Bertz CT molecular complexity index is 970. The van der Waals surface area contributed by atoms with E-state index in [1.807, 2.05) is 30.3 Å². The summed E-state index contributed by atoms with van der Waals surface area (Å²) in [5.41, 5.74) is 1.53. The molecule has 9 heteroatoms. The number of para-hydroxylation sites is 1. The Hall–Kier alpha value is -3.04. The molecular formula is C24H28N2O6S. The number of benzene rings is 2. The van der Waals surface area contributed by atoms with Gasteiger partial charge in [-0.25, -0.2) is 4.79 Å². The molecule has 1 heterocycles. The summed E-state index contributed by atoms with van der Waals surface area (Å²) in [6.07, 6.45) is 1.04. The second-order valence-electron chi connectivity index (χ2n) is 7.61. The molecule has 0 saturated carbocycles. The van der Waals surface area contributed by atoms with Crippen LogP contribution in [-0.2, 0) is 25.5 Å². The molecule has 0 radical (unpaired) electrons. The standard InChI is InChI=1S/C24H28N2O6S/c1-2-32-24(31)18(13-12-16-8-4-3-5-9-16)25-14-21(28)26-19(23(29)30)15-33-22(26)17-10-6-7-11-20(17)27/h3-11,18-19,22,25,27H,2,12-15H2,1H3,(H,29,30)/t18-,19?,22?/m0/s1. The fraction of sp³-hybridized carbons (Fsp3) is 0.375. The van der Waals surface area contributed by atoms with Crippen LogP contribution in [0.25, 0.3) is 0 Å². The molecule has 0 aliphatic carbocycles. The van der Waals surface area contributed by atoms with Crippen molar-refractivity contribution in [2.75, 3.05) is 18.9 Å². The van der Waals surface area contributed by atoms with Gasteiger partial charge in [0.15, 0.2) is 0 Å². The number of aliphatic carboxylic acids is 1. The first-order valence-electron chi connectivity index (χ1n) is 10.8. The van der Waals surface area contributed by atoms with Crippen LogP contribution in [-0.4, -0.2) is 63.9 Å². The van der Waals surface area contributed by atoms with Crippen LogP contribution < -0.4 is 5.32 Å². The number of rotatable bonds is 10. The molecule has 3 N–H and O–H groups in total. The number of carbonyl (C=O) groups excluding carboxylic acids is 2. The molecule has 1 saturated heterocycles. The molecule has 0 aromatic heterocycles. The Morgan fingerprint density at radius 2 is 1.85 bits per heavy atom. The van der Waals surface area contributed by atoms with Crippen LogP contribution in [0.3, 0.4) is 0 Å². The van der Waals surface area contributed by atoms with Gasteiger partial charge in [0.05, 0.1) is 13.2 Å². The maximum atomic E-state index is 13.2. The zero-order valence-electron chi connectivity index (χ0n) is 18.3. The van der Waals surface area contributed by atoms with Crippen LogP contribution in [0, 0.1) is 0 Å². The molecule has 3 rings (SSSR count). The monoisotopic (exact) mass is 472 g/mol. The van der Waals surface area contributed by atoms with E-state index in [0.717, 1.165) is 5.56 Å². The van der Waals surface area contributed by atoms with Crippen molar-refractivity contribution in [3.63, 3.8) is 0 Å². The first-order chi connectivity index (χ1) is 15.9. The van der Waals surface area contributed by atoms with Gasteiger partial charge in [0.2, 0.25) is 5.91 Å². The SMILES string of the molecule is CCOC(=O)[C@H](CCc1ccccc1)NCC(=O)N1C(C(=O)O)CSC1c1ccccc1O. The molecule has 33 heavy (non-hydrogen) atoms. The van der Waals surface area contributed by atoms with E-state index in [2.05, 4.69) is 5.32 Å². The zero-order chi connectivity index (χ0) is 23.8. The molecule has 2 aromatic rings. The number of hydrogen-bond acceptors (Lipinski definition) is 7. The van der Waals surface area contributed by atoms with Crippen molar-refractivity contribution in [3.8, 4) is 5.75 Å². The number of phenolic OH excluding ortho intramolecular Hbond substituents is 1. The zero-order valence-corrected chi connectivity index (χ0v) is 19.2. The lowest BCUT2D eigenvalue weighted by Gasteiger charge is -2.29. The van der Waals surface area contributed by atoms with Crippen molar-refractivity contribution in [1.82, 2.24) is 10.2 Å². The summed E-state index contributed by atoms with van der Waals surface area (Å²) in [5, 5.41) is 22.2. The largest absolute Gasteiger partial charge is 0.508 e. The van der Waals surface area contributed by atoms with Crippen LogP contribution in [0.5, 0.6) is 5.75 Å². The van der Waals surface area contributed by atoms with Gasteiger partial charge in [0, 0.05) is 11.3 Å². The third-order valence-corrected chi connectivity index (χ3v) is 6.72. The molecule has 0 spiro atoms. The number of esters is 1. The maximum absolute atomic E-state index is 13.2. The summed E-state index contributed by atoms with van der Waals surface area (Å²) in [5.74, 6) is -1.83. The summed E-state index contributed by atoms with van der Waals surface area (Å²) >= 11 is 1.28. The molecule has 1 amide bonds. The molecule has 8 nitrogen and oxygen atoms in total. The van der Waals surface area contributed by atoms with Crippen molar-refractivity contribution in [1.29, 1.82) is 0 Å². The van der Waals surface area contributed by atoms with Crippen LogP contribution in [0.2, 0.25) is 0 Å². The minimum absolute atomic E-state index is 0.000871. The van der Waals surface area contributed by atoms with Crippen molar-refractivity contribution in [2.24, 2.45) is 0 Å². The highest BCUT2D eigenvalue weighted by atomic mass is 32.2. The highest BCUT2D eigenvalue weighted by molar-refractivity contribution is 7.99. The van der Waals surface area contributed by atoms with Crippen molar-refractivity contribution in [2.45, 2.75) is 37.2 Å². The first-order valence-corrected chi connectivity index (χ1v) is 11.8. The van der Waals surface area contributed by atoms with E-state index in [1.165, 1.54) is 22.7 Å². The van der Waals surface area contributed by atoms with Crippen molar-refractivity contribution in [3.05, 3.63) is 65.7 Å². The first kappa shape index (κ1) is 24.6. The van der Waals surface area contributed by atoms with E-state index in [9.17, 15) is 24.6 Å². The van der Waals surface area contributed by atoms with E-state index in [0.29, 0.717) is 18.4 Å². The van der Waals surface area contributed by atoms with Crippen molar-refractivity contribution < 1.29 is 29.3 Å². The van der Waals surface area contributed by atoms with Crippen LogP contribution in [0.4, 0.5) is 0 Å². The summed E-state index contributed by atoms with van der Waals surface area (Å²) in [6, 6.07) is 14.5. The predicted octanol–water partition coefficient (Wildman–Crippen LogP) is 2.57. The minimum atomic E-state index is -1.11. The number of ether oxygens (including phenoxy) is 1. The number of carbonyl (C=O) groups is 3. The number of thioether (sulfide) groups is 1. The molecule has 1 aliphatic heterocycles. The van der Waals surface area contributed by atoms with Gasteiger partial charge < -0.3 is 19.8 Å². The molecule has 1 aliphatic rings. The van der Waals surface area contributed by atoms with Gasteiger partial charge in [-0.15, -0.1) is 11.8 Å². The molecule has 2 unspecified atom stereocenters. The van der Waals surface area contributed by atoms with Gasteiger partial charge in [0.1, 0.15) is 23.2 Å². The minimum Gasteiger partial charge on any atom is -0.508 e. The normalized spacial score (nSPS) is 18.6. The highest BCUT2D eigenvalue weighted by Crippen LogP contribution is 2.44. The molecule has 1 fully saturated rings. The third kappa shape index (κ3) is 6.27. The summed E-state index contributed by atoms with van der Waals surface area (Å²) in [4.78, 5) is 38.7. The van der Waals surface area contributed by atoms with Crippen molar-refractivity contribution >= 4 is 29.6 Å². The third-order valence-electron chi connectivity index (χ3n) is 5.41. The summed E-state index contributed by atoms with van der Waals surface area (Å²) in [6.45, 7) is 1.70. The lowest BCUT2D eigenvalue weighted by molar-refractivity contribution is -0.150. The number of carboxylic acids is 1. The van der Waals surface area contributed by atoms with Gasteiger partial charge in [-0.1, -0.05) is 48.5 Å². The van der Waals surface area contributed by atoms with Gasteiger partial charge >= 0.3 is 11.9 Å².